The summed E-state index contributed by atoms with van der Waals surface area (Å²) in [5, 5.41) is 3.28. The van der Waals surface area contributed by atoms with E-state index in [0.29, 0.717) is 11.1 Å². The zero-order valence-corrected chi connectivity index (χ0v) is 13.1. The number of thiocarbonyl (C=S) groups is 1. The normalized spacial score (nSPS) is 24.6. The number of rotatable bonds is 3. The smallest absolute Gasteiger partial charge is 0.0721 e. The fraction of sp³-hybridized carbons (Fsp3) is 0.929. The topological polar surface area (TPSA) is 15.3 Å². The van der Waals surface area contributed by atoms with Gasteiger partial charge in [0.2, 0.25) is 0 Å². The van der Waals surface area contributed by atoms with E-state index < -0.39 is 0 Å². The summed E-state index contributed by atoms with van der Waals surface area (Å²) < 4.78 is 0. The first kappa shape index (κ1) is 14.9. The second kappa shape index (κ2) is 5.23. The van der Waals surface area contributed by atoms with Crippen LogP contribution >= 0.6 is 12.2 Å². The van der Waals surface area contributed by atoms with Gasteiger partial charge in [-0.3, -0.25) is 4.90 Å². The van der Waals surface area contributed by atoms with E-state index >= 15 is 0 Å². The van der Waals surface area contributed by atoms with Crippen LogP contribution in [-0.4, -0.2) is 34.6 Å². The molecular weight excluding hydrogens is 228 g/mol. The second-order valence-corrected chi connectivity index (χ2v) is 7.34. The van der Waals surface area contributed by atoms with Crippen molar-refractivity contribution in [3.05, 3.63) is 0 Å². The minimum absolute atomic E-state index is 0.305. The first-order valence-electron chi connectivity index (χ1n) is 6.63. The fourth-order valence-corrected chi connectivity index (χ4v) is 3.34. The molecule has 1 N–H and O–H groups in total. The molecule has 0 radical (unpaired) electrons. The lowest BCUT2D eigenvalue weighted by Gasteiger charge is -2.54. The highest BCUT2D eigenvalue weighted by atomic mass is 32.1. The van der Waals surface area contributed by atoms with Gasteiger partial charge < -0.3 is 5.32 Å². The Kier molecular flexibility index (Phi) is 4.59. The molecule has 1 saturated heterocycles. The van der Waals surface area contributed by atoms with E-state index in [9.17, 15) is 0 Å². The molecule has 1 rings (SSSR count). The summed E-state index contributed by atoms with van der Waals surface area (Å²) in [6.07, 6.45) is 3.80. The summed E-state index contributed by atoms with van der Waals surface area (Å²) in [5.74, 6) is 0.804. The van der Waals surface area contributed by atoms with Gasteiger partial charge in [-0.05, 0) is 66.8 Å². The molecule has 0 aliphatic carbocycles. The van der Waals surface area contributed by atoms with Crippen LogP contribution in [0.5, 0.6) is 0 Å². The molecule has 0 unspecified atom stereocenters. The molecule has 100 valence electrons. The molecule has 1 aliphatic heterocycles. The molecule has 0 aromatic heterocycles. The van der Waals surface area contributed by atoms with Crippen molar-refractivity contribution in [2.24, 2.45) is 5.92 Å². The van der Waals surface area contributed by atoms with Crippen LogP contribution < -0.4 is 5.32 Å². The average molecular weight is 256 g/mol. The van der Waals surface area contributed by atoms with E-state index in [4.69, 9.17) is 12.2 Å². The standard InChI is InChI=1S/C14H28N2S/c1-11(17)15-8-7-12-9-13(2,3)16(6)14(4,5)10-12/h12H,7-10H2,1-6H3,(H,15,17). The highest BCUT2D eigenvalue weighted by Gasteiger charge is 2.42. The maximum Gasteiger partial charge on any atom is 0.0721 e. The van der Waals surface area contributed by atoms with Gasteiger partial charge in [-0.1, -0.05) is 12.2 Å². The molecule has 1 aliphatic rings. The lowest BCUT2D eigenvalue weighted by molar-refractivity contribution is -0.0312. The Morgan fingerprint density at radius 2 is 1.71 bits per heavy atom. The Balaban J connectivity index is 2.56. The highest BCUT2D eigenvalue weighted by molar-refractivity contribution is 7.80. The number of piperidine rings is 1. The Morgan fingerprint density at radius 3 is 2.12 bits per heavy atom. The van der Waals surface area contributed by atoms with Crippen molar-refractivity contribution in [1.82, 2.24) is 10.2 Å². The van der Waals surface area contributed by atoms with Gasteiger partial charge >= 0.3 is 0 Å². The molecule has 0 bridgehead atoms. The van der Waals surface area contributed by atoms with Crippen LogP contribution in [0.4, 0.5) is 0 Å². The first-order valence-corrected chi connectivity index (χ1v) is 7.04. The van der Waals surface area contributed by atoms with Crippen molar-refractivity contribution in [3.63, 3.8) is 0 Å². The number of likely N-dealkylation sites (tertiary alicyclic amines) is 1. The minimum Gasteiger partial charge on any atom is -0.380 e. The molecule has 0 amide bonds. The van der Waals surface area contributed by atoms with Crippen molar-refractivity contribution in [1.29, 1.82) is 0 Å². The van der Waals surface area contributed by atoms with Crippen molar-refractivity contribution >= 4 is 17.2 Å². The zero-order valence-electron chi connectivity index (χ0n) is 12.3. The van der Waals surface area contributed by atoms with E-state index in [-0.39, 0.29) is 0 Å². The second-order valence-electron chi connectivity index (χ2n) is 6.73. The molecule has 3 heteroatoms. The van der Waals surface area contributed by atoms with E-state index in [1.807, 2.05) is 6.92 Å². The van der Waals surface area contributed by atoms with E-state index in [2.05, 4.69) is 45.0 Å². The third kappa shape index (κ3) is 3.92. The van der Waals surface area contributed by atoms with Crippen LogP contribution in [0.15, 0.2) is 0 Å². The quantitative estimate of drug-likeness (QED) is 0.781. The van der Waals surface area contributed by atoms with Crippen molar-refractivity contribution in [2.75, 3.05) is 13.6 Å². The Hall–Kier alpha value is -0.150. The van der Waals surface area contributed by atoms with Gasteiger partial charge in [0, 0.05) is 17.6 Å². The highest BCUT2D eigenvalue weighted by Crippen LogP contribution is 2.41. The largest absolute Gasteiger partial charge is 0.380 e. The zero-order chi connectivity index (χ0) is 13.3. The summed E-state index contributed by atoms with van der Waals surface area (Å²) >= 11 is 5.05. The molecule has 0 aromatic rings. The summed E-state index contributed by atoms with van der Waals surface area (Å²) in [5.41, 5.74) is 0.609. The van der Waals surface area contributed by atoms with Gasteiger partial charge in [-0.15, -0.1) is 0 Å². The van der Waals surface area contributed by atoms with Crippen LogP contribution in [0, 0.1) is 5.92 Å². The molecule has 17 heavy (non-hydrogen) atoms. The van der Waals surface area contributed by atoms with Gasteiger partial charge in [0.1, 0.15) is 0 Å². The summed E-state index contributed by atoms with van der Waals surface area (Å²) in [6.45, 7) is 12.4. The Morgan fingerprint density at radius 1 is 1.24 bits per heavy atom. The van der Waals surface area contributed by atoms with Gasteiger partial charge in [0.25, 0.3) is 0 Å². The van der Waals surface area contributed by atoms with Gasteiger partial charge in [-0.2, -0.15) is 0 Å². The number of nitrogens with zero attached hydrogens (tertiary/aromatic N) is 1. The molecule has 0 saturated carbocycles. The molecular formula is C14H28N2S. The number of nitrogens with one attached hydrogen (secondary N) is 1. The third-order valence-corrected chi connectivity index (χ3v) is 4.46. The molecule has 0 aromatic carbocycles. The third-order valence-electron chi connectivity index (χ3n) is 4.32. The predicted molar refractivity (Wildman–Crippen MR) is 79.5 cm³/mol. The van der Waals surface area contributed by atoms with Crippen molar-refractivity contribution in [3.8, 4) is 0 Å². The number of hydrogen-bond acceptors (Lipinski definition) is 2. The van der Waals surface area contributed by atoms with Gasteiger partial charge in [0.05, 0.1) is 4.99 Å². The van der Waals surface area contributed by atoms with Crippen LogP contribution in [0.2, 0.25) is 0 Å². The Bertz CT molecular complexity index is 266. The maximum atomic E-state index is 5.05. The van der Waals surface area contributed by atoms with Gasteiger partial charge in [0.15, 0.2) is 0 Å². The summed E-state index contributed by atoms with van der Waals surface area (Å²) in [6, 6.07) is 0. The average Bonchev–Trinajstić information content (AvgIpc) is 2.12. The molecule has 2 nitrogen and oxygen atoms in total. The van der Waals surface area contributed by atoms with Crippen LogP contribution in [0.25, 0.3) is 0 Å². The summed E-state index contributed by atoms with van der Waals surface area (Å²) in [7, 11) is 2.26. The molecule has 1 heterocycles. The van der Waals surface area contributed by atoms with E-state index in [1.54, 1.807) is 0 Å². The van der Waals surface area contributed by atoms with Crippen molar-refractivity contribution < 1.29 is 0 Å². The SMILES string of the molecule is CC(=S)NCCC1CC(C)(C)N(C)C(C)(C)C1. The maximum absolute atomic E-state index is 5.05. The van der Waals surface area contributed by atoms with Crippen LogP contribution in [0.1, 0.15) is 53.9 Å². The monoisotopic (exact) mass is 256 g/mol. The summed E-state index contributed by atoms with van der Waals surface area (Å²) in [4.78, 5) is 3.45. The van der Waals surface area contributed by atoms with E-state index in [0.717, 1.165) is 17.5 Å². The number of hydrogen-bond donors (Lipinski definition) is 1. The fourth-order valence-electron chi connectivity index (χ4n) is 3.23. The van der Waals surface area contributed by atoms with Crippen LogP contribution in [-0.2, 0) is 0 Å². The van der Waals surface area contributed by atoms with E-state index in [1.165, 1.54) is 19.3 Å². The van der Waals surface area contributed by atoms with Gasteiger partial charge in [-0.25, -0.2) is 0 Å². The minimum atomic E-state index is 0.305. The molecule has 0 atom stereocenters. The first-order chi connectivity index (χ1) is 7.65. The molecule has 1 fully saturated rings. The lowest BCUT2D eigenvalue weighted by atomic mass is 9.73. The van der Waals surface area contributed by atoms with Crippen molar-refractivity contribution in [2.45, 2.75) is 65.0 Å². The lowest BCUT2D eigenvalue weighted by Crippen LogP contribution is -2.58. The Labute approximate surface area is 112 Å². The predicted octanol–water partition coefficient (Wildman–Crippen LogP) is 3.21. The molecule has 0 spiro atoms. The van der Waals surface area contributed by atoms with Crippen LogP contribution in [0.3, 0.4) is 0 Å².